The molecular formula is C20H22NO7-. The molecule has 0 aliphatic carbocycles. The molecule has 150 valence electrons. The molecule has 0 saturated carbocycles. The molecule has 0 spiro atoms. The summed E-state index contributed by atoms with van der Waals surface area (Å²) in [7, 11) is 4.46. The Kier molecular flexibility index (Phi) is 7.50. The summed E-state index contributed by atoms with van der Waals surface area (Å²) >= 11 is 0. The van der Waals surface area contributed by atoms with E-state index >= 15 is 0 Å². The van der Waals surface area contributed by atoms with Crippen LogP contribution in [0.1, 0.15) is 18.0 Å². The van der Waals surface area contributed by atoms with Gasteiger partial charge in [0, 0.05) is 12.4 Å². The van der Waals surface area contributed by atoms with Gasteiger partial charge in [-0.25, -0.2) is 0 Å². The van der Waals surface area contributed by atoms with Crippen LogP contribution < -0.4 is 29.4 Å². The van der Waals surface area contributed by atoms with Crippen molar-refractivity contribution in [1.82, 2.24) is 5.32 Å². The summed E-state index contributed by atoms with van der Waals surface area (Å²) in [5.41, 5.74) is 0.535. The number of para-hydroxylation sites is 2. The van der Waals surface area contributed by atoms with E-state index in [9.17, 15) is 14.7 Å². The summed E-state index contributed by atoms with van der Waals surface area (Å²) in [6.45, 7) is -0.308. The maximum Gasteiger partial charge on any atom is 0.258 e. The number of hydrogen-bond acceptors (Lipinski definition) is 7. The average molecular weight is 388 g/mol. The van der Waals surface area contributed by atoms with Gasteiger partial charge in [0.1, 0.15) is 0 Å². The lowest BCUT2D eigenvalue weighted by Crippen LogP contribution is -2.36. The third kappa shape index (κ3) is 5.54. The zero-order valence-corrected chi connectivity index (χ0v) is 15.9. The van der Waals surface area contributed by atoms with Crippen LogP contribution in [0.2, 0.25) is 0 Å². The molecule has 2 aromatic rings. The van der Waals surface area contributed by atoms with Gasteiger partial charge in [0.15, 0.2) is 29.6 Å². The number of carboxylic acid groups (broad SMARTS) is 1. The van der Waals surface area contributed by atoms with Crippen molar-refractivity contribution in [2.24, 2.45) is 0 Å². The zero-order valence-electron chi connectivity index (χ0n) is 15.9. The predicted molar refractivity (Wildman–Crippen MR) is 98.5 cm³/mol. The van der Waals surface area contributed by atoms with Crippen LogP contribution in [-0.2, 0) is 9.59 Å². The van der Waals surface area contributed by atoms with E-state index in [2.05, 4.69) is 5.32 Å². The standard InChI is InChI=1S/C20H23NO7/c1-25-15-6-4-5-7-17(15)28-12-19(22)21-14(11-20(23)24)13-8-9-16(26-2)18(10-13)27-3/h4-10,14H,11-12H2,1-3H3,(H,21,22)(H,23,24)/p-1. The molecule has 1 N–H and O–H groups in total. The first-order valence-electron chi connectivity index (χ1n) is 8.45. The number of nitrogens with one attached hydrogen (secondary N) is 1. The van der Waals surface area contributed by atoms with Crippen LogP contribution in [0.25, 0.3) is 0 Å². The lowest BCUT2D eigenvalue weighted by molar-refractivity contribution is -0.306. The molecule has 0 aliphatic heterocycles. The van der Waals surface area contributed by atoms with Crippen molar-refractivity contribution in [2.45, 2.75) is 12.5 Å². The first-order chi connectivity index (χ1) is 13.5. The van der Waals surface area contributed by atoms with Crippen molar-refractivity contribution in [2.75, 3.05) is 27.9 Å². The Balaban J connectivity index is 2.11. The van der Waals surface area contributed by atoms with Crippen LogP contribution in [0, 0.1) is 0 Å². The van der Waals surface area contributed by atoms with Crippen molar-refractivity contribution in [1.29, 1.82) is 0 Å². The van der Waals surface area contributed by atoms with Crippen molar-refractivity contribution in [3.8, 4) is 23.0 Å². The summed E-state index contributed by atoms with van der Waals surface area (Å²) in [4.78, 5) is 23.5. The van der Waals surface area contributed by atoms with E-state index in [1.807, 2.05) is 0 Å². The fourth-order valence-electron chi connectivity index (χ4n) is 2.61. The molecule has 8 heteroatoms. The van der Waals surface area contributed by atoms with Crippen molar-refractivity contribution >= 4 is 11.9 Å². The van der Waals surface area contributed by atoms with E-state index < -0.39 is 24.3 Å². The number of carboxylic acids is 1. The van der Waals surface area contributed by atoms with Crippen molar-refractivity contribution < 1.29 is 33.6 Å². The second-order valence-electron chi connectivity index (χ2n) is 5.75. The summed E-state index contributed by atoms with van der Waals surface area (Å²) < 4.78 is 21.0. The Bertz CT molecular complexity index is 822. The first kappa shape index (κ1) is 20.9. The fraction of sp³-hybridized carbons (Fsp3) is 0.300. The highest BCUT2D eigenvalue weighted by Gasteiger charge is 2.18. The number of methoxy groups -OCH3 is 3. The van der Waals surface area contributed by atoms with E-state index in [0.29, 0.717) is 28.6 Å². The maximum absolute atomic E-state index is 12.3. The number of rotatable bonds is 10. The van der Waals surface area contributed by atoms with Gasteiger partial charge in [-0.1, -0.05) is 18.2 Å². The zero-order chi connectivity index (χ0) is 20.5. The fourth-order valence-corrected chi connectivity index (χ4v) is 2.61. The number of carbonyl (C=O) groups excluding carboxylic acids is 2. The van der Waals surface area contributed by atoms with Crippen LogP contribution >= 0.6 is 0 Å². The van der Waals surface area contributed by atoms with E-state index in [1.165, 1.54) is 21.3 Å². The molecule has 28 heavy (non-hydrogen) atoms. The second-order valence-corrected chi connectivity index (χ2v) is 5.75. The molecule has 2 rings (SSSR count). The van der Waals surface area contributed by atoms with Crippen LogP contribution in [0.15, 0.2) is 42.5 Å². The minimum atomic E-state index is -1.30. The first-order valence-corrected chi connectivity index (χ1v) is 8.45. The van der Waals surface area contributed by atoms with Crippen LogP contribution in [0.5, 0.6) is 23.0 Å². The van der Waals surface area contributed by atoms with E-state index in [-0.39, 0.29) is 6.61 Å². The molecule has 0 aliphatic rings. The van der Waals surface area contributed by atoms with Crippen molar-refractivity contribution in [3.63, 3.8) is 0 Å². The molecule has 2 aromatic carbocycles. The van der Waals surface area contributed by atoms with Crippen LogP contribution in [-0.4, -0.2) is 39.8 Å². The molecule has 8 nitrogen and oxygen atoms in total. The SMILES string of the molecule is COc1ccc(C(CC(=O)[O-])NC(=O)COc2ccccc2OC)cc1OC. The molecule has 1 unspecified atom stereocenters. The minimum Gasteiger partial charge on any atom is -0.550 e. The van der Waals surface area contributed by atoms with Gasteiger partial charge in [0.05, 0.1) is 27.4 Å². The summed E-state index contributed by atoms with van der Waals surface area (Å²) in [5.74, 6) is 0.00835. The van der Waals surface area contributed by atoms with E-state index in [1.54, 1.807) is 42.5 Å². The lowest BCUT2D eigenvalue weighted by Gasteiger charge is -2.21. The van der Waals surface area contributed by atoms with Gasteiger partial charge in [-0.15, -0.1) is 0 Å². The Labute approximate surface area is 163 Å². The lowest BCUT2D eigenvalue weighted by atomic mass is 10.0. The Morgan fingerprint density at radius 3 is 2.14 bits per heavy atom. The number of benzene rings is 2. The molecule has 0 bridgehead atoms. The molecule has 1 atom stereocenters. The van der Waals surface area contributed by atoms with Gasteiger partial charge >= 0.3 is 0 Å². The molecule has 0 saturated heterocycles. The topological polar surface area (TPSA) is 106 Å². The van der Waals surface area contributed by atoms with Crippen molar-refractivity contribution in [3.05, 3.63) is 48.0 Å². The highest BCUT2D eigenvalue weighted by molar-refractivity contribution is 5.79. The highest BCUT2D eigenvalue weighted by atomic mass is 16.5. The quantitative estimate of drug-likeness (QED) is 0.649. The number of ether oxygens (including phenoxy) is 4. The Morgan fingerprint density at radius 1 is 0.929 bits per heavy atom. The van der Waals surface area contributed by atoms with Gasteiger partial charge in [-0.05, 0) is 29.8 Å². The molecule has 0 heterocycles. The van der Waals surface area contributed by atoms with Gasteiger partial charge in [0.25, 0.3) is 5.91 Å². The molecule has 0 radical (unpaired) electrons. The average Bonchev–Trinajstić information content (AvgIpc) is 2.71. The maximum atomic E-state index is 12.3. The summed E-state index contributed by atoms with van der Waals surface area (Å²) in [6.07, 6.45) is -0.407. The Morgan fingerprint density at radius 2 is 1.54 bits per heavy atom. The third-order valence-corrected chi connectivity index (χ3v) is 3.94. The third-order valence-electron chi connectivity index (χ3n) is 3.94. The smallest absolute Gasteiger partial charge is 0.258 e. The molecule has 0 fully saturated rings. The van der Waals surface area contributed by atoms with Gasteiger partial charge in [-0.3, -0.25) is 4.79 Å². The van der Waals surface area contributed by atoms with E-state index in [4.69, 9.17) is 18.9 Å². The monoisotopic (exact) mass is 388 g/mol. The van der Waals surface area contributed by atoms with Gasteiger partial charge in [0.2, 0.25) is 0 Å². The van der Waals surface area contributed by atoms with E-state index in [0.717, 1.165) is 0 Å². The Hall–Kier alpha value is -3.42. The van der Waals surface area contributed by atoms with Gasteiger partial charge < -0.3 is 34.2 Å². The largest absolute Gasteiger partial charge is 0.550 e. The summed E-state index contributed by atoms with van der Waals surface area (Å²) in [6, 6.07) is 11.0. The van der Waals surface area contributed by atoms with Crippen LogP contribution in [0.3, 0.4) is 0 Å². The molecule has 1 amide bonds. The minimum absolute atomic E-state index is 0.308. The number of aliphatic carboxylic acids is 1. The second kappa shape index (κ2) is 10.1. The van der Waals surface area contributed by atoms with Crippen LogP contribution in [0.4, 0.5) is 0 Å². The molecule has 0 aromatic heterocycles. The predicted octanol–water partition coefficient (Wildman–Crippen LogP) is 1.09. The highest BCUT2D eigenvalue weighted by Crippen LogP contribution is 2.31. The number of hydrogen-bond donors (Lipinski definition) is 1. The number of amides is 1. The summed E-state index contributed by atoms with van der Waals surface area (Å²) in [5, 5.41) is 13.8. The van der Waals surface area contributed by atoms with Gasteiger partial charge in [-0.2, -0.15) is 0 Å². The normalized spacial score (nSPS) is 11.2. The molecular weight excluding hydrogens is 366 g/mol. The number of carbonyl (C=O) groups is 2.